The minimum absolute atomic E-state index is 0.137. The predicted molar refractivity (Wildman–Crippen MR) is 91.4 cm³/mol. The van der Waals surface area contributed by atoms with Crippen LogP contribution in [0.3, 0.4) is 0 Å². The number of amides is 1. The van der Waals surface area contributed by atoms with Gasteiger partial charge in [0.15, 0.2) is 0 Å². The Morgan fingerprint density at radius 1 is 1.04 bits per heavy atom. The predicted octanol–water partition coefficient (Wildman–Crippen LogP) is 4.04. The van der Waals surface area contributed by atoms with Crippen molar-refractivity contribution >= 4 is 33.5 Å². The second kappa shape index (κ2) is 6.16. The maximum Gasteiger partial charge on any atom is 0.321 e. The van der Waals surface area contributed by atoms with Gasteiger partial charge in [0, 0.05) is 17.1 Å². The zero-order chi connectivity index (χ0) is 16.4. The lowest BCUT2D eigenvalue weighted by Crippen LogP contribution is -2.25. The Labute approximate surface area is 143 Å². The van der Waals surface area contributed by atoms with E-state index in [9.17, 15) is 9.59 Å². The molecule has 0 heterocycles. The third-order valence-electron chi connectivity index (χ3n) is 3.92. The van der Waals surface area contributed by atoms with Crippen LogP contribution < -0.4 is 10.1 Å². The summed E-state index contributed by atoms with van der Waals surface area (Å²) in [5.41, 5.74) is 1.14. The lowest BCUT2D eigenvalue weighted by molar-refractivity contribution is -0.137. The summed E-state index contributed by atoms with van der Waals surface area (Å²) < 4.78 is 6.51. The average Bonchev–Trinajstić information content (AvgIpc) is 3.31. The normalized spacial score (nSPS) is 14.9. The van der Waals surface area contributed by atoms with Crippen molar-refractivity contribution in [1.29, 1.82) is 0 Å². The fourth-order valence-corrected chi connectivity index (χ4v) is 2.78. The highest BCUT2D eigenvalue weighted by atomic mass is 79.9. The van der Waals surface area contributed by atoms with E-state index in [1.165, 1.54) is 6.92 Å². The quantitative estimate of drug-likeness (QED) is 0.649. The van der Waals surface area contributed by atoms with E-state index in [0.717, 1.165) is 22.9 Å². The minimum Gasteiger partial charge on any atom is -0.426 e. The summed E-state index contributed by atoms with van der Waals surface area (Å²) in [7, 11) is 0. The molecule has 4 nitrogen and oxygen atoms in total. The largest absolute Gasteiger partial charge is 0.426 e. The zero-order valence-corrected chi connectivity index (χ0v) is 14.2. The third kappa shape index (κ3) is 3.45. The van der Waals surface area contributed by atoms with Crippen LogP contribution in [0.25, 0.3) is 0 Å². The Morgan fingerprint density at radius 2 is 1.65 bits per heavy atom. The summed E-state index contributed by atoms with van der Waals surface area (Å²) >= 11 is 3.40. The van der Waals surface area contributed by atoms with Gasteiger partial charge in [0.1, 0.15) is 5.75 Å². The molecule has 118 valence electrons. The van der Waals surface area contributed by atoms with E-state index in [-0.39, 0.29) is 11.9 Å². The second-order valence-corrected chi connectivity index (χ2v) is 6.60. The number of nitrogens with one attached hydrogen (secondary N) is 1. The topological polar surface area (TPSA) is 55.4 Å². The number of halogens is 1. The van der Waals surface area contributed by atoms with Crippen LogP contribution >= 0.6 is 15.9 Å². The van der Waals surface area contributed by atoms with E-state index < -0.39 is 5.41 Å². The molecule has 0 spiro atoms. The van der Waals surface area contributed by atoms with Crippen LogP contribution in [-0.4, -0.2) is 11.9 Å². The van der Waals surface area contributed by atoms with E-state index >= 15 is 0 Å². The van der Waals surface area contributed by atoms with Gasteiger partial charge in [-0.15, -0.1) is 0 Å². The van der Waals surface area contributed by atoms with E-state index in [2.05, 4.69) is 21.2 Å². The zero-order valence-electron chi connectivity index (χ0n) is 12.6. The fourth-order valence-electron chi connectivity index (χ4n) is 2.52. The van der Waals surface area contributed by atoms with Gasteiger partial charge in [-0.25, -0.2) is 0 Å². The molecule has 5 heteroatoms. The van der Waals surface area contributed by atoms with Crippen molar-refractivity contribution in [2.45, 2.75) is 25.2 Å². The molecule has 0 bridgehead atoms. The Balaban J connectivity index is 1.71. The molecular formula is C18H16BrNO3. The summed E-state index contributed by atoms with van der Waals surface area (Å²) in [6.45, 7) is 1.45. The van der Waals surface area contributed by atoms with Crippen molar-refractivity contribution in [1.82, 2.24) is 0 Å². The molecule has 0 aromatic heterocycles. The Morgan fingerprint density at radius 3 is 2.17 bits per heavy atom. The highest BCUT2D eigenvalue weighted by Crippen LogP contribution is 2.49. The molecule has 0 radical (unpaired) electrons. The van der Waals surface area contributed by atoms with Crippen molar-refractivity contribution in [3.63, 3.8) is 0 Å². The fraction of sp³-hybridized carbons (Fsp3) is 0.222. The van der Waals surface area contributed by atoms with Crippen LogP contribution in [0.4, 0.5) is 5.69 Å². The first-order valence-corrected chi connectivity index (χ1v) is 8.15. The van der Waals surface area contributed by atoms with Crippen molar-refractivity contribution < 1.29 is 14.3 Å². The first kappa shape index (κ1) is 15.7. The van der Waals surface area contributed by atoms with E-state index in [0.29, 0.717) is 11.4 Å². The van der Waals surface area contributed by atoms with Gasteiger partial charge in [-0.05, 0) is 54.8 Å². The molecule has 1 amide bonds. The minimum atomic E-state index is -0.517. The first-order chi connectivity index (χ1) is 11.0. The Hall–Kier alpha value is -2.14. The van der Waals surface area contributed by atoms with Gasteiger partial charge in [-0.2, -0.15) is 0 Å². The van der Waals surface area contributed by atoms with Gasteiger partial charge in [0.05, 0.1) is 5.41 Å². The molecule has 1 aliphatic carbocycles. The van der Waals surface area contributed by atoms with Crippen LogP contribution in [0.1, 0.15) is 25.3 Å². The molecule has 0 aliphatic heterocycles. The molecule has 1 N–H and O–H groups in total. The van der Waals surface area contributed by atoms with Crippen molar-refractivity contribution in [3.05, 3.63) is 58.6 Å². The Kier molecular flexibility index (Phi) is 4.22. The average molecular weight is 374 g/mol. The number of rotatable bonds is 4. The summed E-state index contributed by atoms with van der Waals surface area (Å²) in [4.78, 5) is 23.5. The lowest BCUT2D eigenvalue weighted by Gasteiger charge is -2.15. The molecule has 0 unspecified atom stereocenters. The summed E-state index contributed by atoms with van der Waals surface area (Å²) in [5, 5.41) is 2.68. The maximum atomic E-state index is 12.5. The first-order valence-electron chi connectivity index (χ1n) is 7.36. The number of benzene rings is 2. The van der Waals surface area contributed by atoms with Crippen LogP contribution in [0.5, 0.6) is 5.75 Å². The van der Waals surface area contributed by atoms with Crippen LogP contribution in [0.2, 0.25) is 0 Å². The molecule has 1 saturated carbocycles. The van der Waals surface area contributed by atoms with Gasteiger partial charge >= 0.3 is 5.97 Å². The smallest absolute Gasteiger partial charge is 0.321 e. The van der Waals surface area contributed by atoms with E-state index in [1.54, 1.807) is 24.3 Å². The molecule has 0 atom stereocenters. The molecule has 1 fully saturated rings. The van der Waals surface area contributed by atoms with Crippen LogP contribution in [-0.2, 0) is 15.0 Å². The number of esters is 1. The van der Waals surface area contributed by atoms with Crippen LogP contribution in [0, 0.1) is 0 Å². The number of anilines is 1. The van der Waals surface area contributed by atoms with Gasteiger partial charge in [-0.1, -0.05) is 28.1 Å². The van der Waals surface area contributed by atoms with Gasteiger partial charge in [-0.3, -0.25) is 9.59 Å². The molecule has 0 saturated heterocycles. The van der Waals surface area contributed by atoms with Gasteiger partial charge < -0.3 is 10.1 Å². The number of hydrogen-bond acceptors (Lipinski definition) is 3. The monoisotopic (exact) mass is 373 g/mol. The number of hydrogen-bond donors (Lipinski definition) is 1. The number of carbonyl (C=O) groups is 2. The summed E-state index contributed by atoms with van der Waals surface area (Å²) in [6, 6.07) is 14.6. The lowest BCUT2D eigenvalue weighted by atomic mass is 9.96. The highest BCUT2D eigenvalue weighted by Gasteiger charge is 2.53. The molecule has 1 aliphatic rings. The van der Waals surface area contributed by atoms with Crippen molar-refractivity contribution in [2.24, 2.45) is 0 Å². The SMILES string of the molecule is CC(=O)Nc1ccc(OC(=O)C2(c3ccc(Br)cc3)CC2)cc1. The van der Waals surface area contributed by atoms with Crippen molar-refractivity contribution in [2.75, 3.05) is 5.32 Å². The van der Waals surface area contributed by atoms with Crippen molar-refractivity contribution in [3.8, 4) is 5.75 Å². The number of ether oxygens (including phenoxy) is 1. The van der Waals surface area contributed by atoms with Crippen LogP contribution in [0.15, 0.2) is 53.0 Å². The van der Waals surface area contributed by atoms with E-state index in [1.807, 2.05) is 24.3 Å². The number of carbonyl (C=O) groups excluding carboxylic acids is 2. The Bertz CT molecular complexity index is 734. The maximum absolute atomic E-state index is 12.5. The van der Waals surface area contributed by atoms with Gasteiger partial charge in [0.2, 0.25) is 5.91 Å². The second-order valence-electron chi connectivity index (χ2n) is 5.68. The molecule has 23 heavy (non-hydrogen) atoms. The van der Waals surface area contributed by atoms with Gasteiger partial charge in [0.25, 0.3) is 0 Å². The molecule has 3 rings (SSSR count). The van der Waals surface area contributed by atoms with E-state index in [4.69, 9.17) is 4.74 Å². The summed E-state index contributed by atoms with van der Waals surface area (Å²) in [5.74, 6) is 0.113. The third-order valence-corrected chi connectivity index (χ3v) is 4.45. The molecule has 2 aromatic rings. The molecular weight excluding hydrogens is 358 g/mol. The summed E-state index contributed by atoms with van der Waals surface area (Å²) in [6.07, 6.45) is 1.61. The molecule has 2 aromatic carbocycles. The standard InChI is InChI=1S/C18H16BrNO3/c1-12(21)20-15-6-8-16(9-7-15)23-17(22)18(10-11-18)13-2-4-14(19)5-3-13/h2-9H,10-11H2,1H3,(H,20,21). The highest BCUT2D eigenvalue weighted by molar-refractivity contribution is 9.10.